The Labute approximate surface area is 175 Å². The van der Waals surface area contributed by atoms with Crippen molar-refractivity contribution in [1.29, 1.82) is 0 Å². The molecule has 2 N–H and O–H groups in total. The highest BCUT2D eigenvalue weighted by Crippen LogP contribution is 2.23. The Kier molecular flexibility index (Phi) is 5.69. The van der Waals surface area contributed by atoms with Gasteiger partial charge in [0, 0.05) is 12.6 Å². The highest BCUT2D eigenvalue weighted by atomic mass is 19.1. The topological polar surface area (TPSA) is 140 Å². The average Bonchev–Trinajstić information content (AvgIpc) is 3.15. The molecule has 0 aliphatic carbocycles. The van der Waals surface area contributed by atoms with Gasteiger partial charge in [-0.3, -0.25) is 14.2 Å². The molecule has 0 saturated heterocycles. The first-order chi connectivity index (χ1) is 14.5. The summed E-state index contributed by atoms with van der Waals surface area (Å²) in [5, 5.41) is 19.1. The maximum atomic E-state index is 13.1. The second-order valence-corrected chi connectivity index (χ2v) is 7.46. The summed E-state index contributed by atoms with van der Waals surface area (Å²) in [5.41, 5.74) is -0.598. The van der Waals surface area contributed by atoms with Crippen molar-refractivity contribution in [3.63, 3.8) is 0 Å². The maximum Gasteiger partial charge on any atom is 0.394 e. The fourth-order valence-electron chi connectivity index (χ4n) is 3.07. The van der Waals surface area contributed by atoms with Crippen molar-refractivity contribution < 1.29 is 23.5 Å². The molecule has 3 aromatic rings. The third kappa shape index (κ3) is 4.49. The largest absolute Gasteiger partial charge is 0.474 e. The van der Waals surface area contributed by atoms with Gasteiger partial charge in [0.2, 0.25) is 5.89 Å². The summed E-state index contributed by atoms with van der Waals surface area (Å²) in [4.78, 5) is 39.8. The average molecular weight is 429 g/mol. The van der Waals surface area contributed by atoms with E-state index in [-0.39, 0.29) is 41.1 Å². The Hall–Kier alpha value is -3.89. The predicted octanol–water partition coefficient (Wildman–Crippen LogP) is 1.30. The van der Waals surface area contributed by atoms with Gasteiger partial charge in [-0.05, 0) is 38.5 Å². The number of carbonyl (C=O) groups excluding carboxylic acids is 1. The number of nitrogens with one attached hydrogen (secondary N) is 1. The number of rotatable bonds is 5. The van der Waals surface area contributed by atoms with Crippen molar-refractivity contribution in [3.05, 3.63) is 63.3 Å². The van der Waals surface area contributed by atoms with Crippen LogP contribution in [-0.4, -0.2) is 36.7 Å². The smallest absolute Gasteiger partial charge is 0.394 e. The lowest BCUT2D eigenvalue weighted by Crippen LogP contribution is -2.47. The Morgan fingerprint density at radius 3 is 2.48 bits per heavy atom. The Bertz CT molecular complexity index is 1210. The first-order valence-corrected chi connectivity index (χ1v) is 9.20. The van der Waals surface area contributed by atoms with Crippen molar-refractivity contribution in [2.75, 3.05) is 0 Å². The molecule has 2 heterocycles. The highest BCUT2D eigenvalue weighted by molar-refractivity contribution is 6.31. The van der Waals surface area contributed by atoms with Crippen LogP contribution in [-0.2, 0) is 28.6 Å². The Morgan fingerprint density at radius 1 is 1.23 bits per heavy atom. The second-order valence-electron chi connectivity index (χ2n) is 7.46. The third-order valence-corrected chi connectivity index (χ3v) is 4.63. The molecule has 10 nitrogen and oxygen atoms in total. The summed E-state index contributed by atoms with van der Waals surface area (Å²) in [5.74, 6) is -2.92. The standard InChI is InChI=1S/C20H20FN5O5/c1-10-14(16-25-24-13(31-16)9-11-5-7-12(21)8-6-11)22-19(26(4)17(10)28)20(2,3)23-15(27)18(29)30/h5-8H,9H2,1-4H3,(H,23,27)(H,29,30). The van der Waals surface area contributed by atoms with Crippen LogP contribution in [0.25, 0.3) is 11.6 Å². The highest BCUT2D eigenvalue weighted by Gasteiger charge is 2.32. The molecule has 31 heavy (non-hydrogen) atoms. The van der Waals surface area contributed by atoms with E-state index in [2.05, 4.69) is 20.5 Å². The van der Waals surface area contributed by atoms with Crippen LogP contribution in [0.15, 0.2) is 33.5 Å². The van der Waals surface area contributed by atoms with E-state index in [1.54, 1.807) is 19.1 Å². The van der Waals surface area contributed by atoms with E-state index in [9.17, 15) is 18.8 Å². The quantitative estimate of drug-likeness (QED) is 0.579. The minimum Gasteiger partial charge on any atom is -0.474 e. The van der Waals surface area contributed by atoms with Crippen molar-refractivity contribution in [2.45, 2.75) is 32.7 Å². The zero-order chi connectivity index (χ0) is 22.9. The zero-order valence-electron chi connectivity index (χ0n) is 17.3. The molecule has 0 saturated carbocycles. The van der Waals surface area contributed by atoms with Gasteiger partial charge in [-0.1, -0.05) is 12.1 Å². The predicted molar refractivity (Wildman–Crippen MR) is 106 cm³/mol. The van der Waals surface area contributed by atoms with Gasteiger partial charge in [0.15, 0.2) is 0 Å². The molecule has 0 atom stereocenters. The van der Waals surface area contributed by atoms with Gasteiger partial charge in [0.1, 0.15) is 17.3 Å². The lowest BCUT2D eigenvalue weighted by molar-refractivity contribution is -0.151. The van der Waals surface area contributed by atoms with Gasteiger partial charge in [-0.2, -0.15) is 0 Å². The number of nitrogens with zero attached hydrogens (tertiary/aromatic N) is 4. The molecule has 0 spiro atoms. The molecule has 11 heteroatoms. The minimum absolute atomic E-state index is 0.00563. The van der Waals surface area contributed by atoms with Gasteiger partial charge in [0.25, 0.3) is 11.4 Å². The van der Waals surface area contributed by atoms with Crippen LogP contribution in [0.3, 0.4) is 0 Å². The van der Waals surface area contributed by atoms with E-state index >= 15 is 0 Å². The summed E-state index contributed by atoms with van der Waals surface area (Å²) in [6.07, 6.45) is 0.254. The van der Waals surface area contributed by atoms with Crippen LogP contribution in [0.5, 0.6) is 0 Å². The van der Waals surface area contributed by atoms with E-state index < -0.39 is 23.0 Å². The van der Waals surface area contributed by atoms with E-state index in [1.807, 2.05) is 0 Å². The van der Waals surface area contributed by atoms with Gasteiger partial charge >= 0.3 is 11.9 Å². The zero-order valence-corrected chi connectivity index (χ0v) is 17.3. The van der Waals surface area contributed by atoms with E-state index in [0.29, 0.717) is 0 Å². The molecule has 0 aliphatic heterocycles. The number of aliphatic carboxylic acids is 1. The van der Waals surface area contributed by atoms with E-state index in [0.717, 1.165) is 5.56 Å². The molecule has 0 fully saturated rings. The molecular formula is C20H20FN5O5. The van der Waals surface area contributed by atoms with Gasteiger partial charge in [-0.25, -0.2) is 14.2 Å². The van der Waals surface area contributed by atoms with Crippen molar-refractivity contribution in [1.82, 2.24) is 25.1 Å². The first-order valence-electron chi connectivity index (χ1n) is 9.20. The van der Waals surface area contributed by atoms with Crippen LogP contribution in [0.2, 0.25) is 0 Å². The maximum absolute atomic E-state index is 13.1. The number of carbonyl (C=O) groups is 2. The summed E-state index contributed by atoms with van der Waals surface area (Å²) in [7, 11) is 1.46. The Morgan fingerprint density at radius 2 is 1.87 bits per heavy atom. The fourth-order valence-corrected chi connectivity index (χ4v) is 3.07. The molecule has 3 rings (SSSR count). The molecule has 0 bridgehead atoms. The molecule has 2 aromatic heterocycles. The number of benzene rings is 1. The molecular weight excluding hydrogens is 409 g/mol. The Balaban J connectivity index is 1.99. The summed E-state index contributed by atoms with van der Waals surface area (Å²) in [6.45, 7) is 4.58. The van der Waals surface area contributed by atoms with Crippen LogP contribution >= 0.6 is 0 Å². The molecule has 1 amide bonds. The van der Waals surface area contributed by atoms with Gasteiger partial charge in [-0.15, -0.1) is 10.2 Å². The van der Waals surface area contributed by atoms with E-state index in [4.69, 9.17) is 9.52 Å². The van der Waals surface area contributed by atoms with Crippen molar-refractivity contribution in [3.8, 4) is 11.6 Å². The molecule has 0 unspecified atom stereocenters. The normalized spacial score (nSPS) is 11.4. The molecule has 162 valence electrons. The van der Waals surface area contributed by atoms with Crippen LogP contribution in [0.1, 0.15) is 36.7 Å². The number of carboxylic acid groups (broad SMARTS) is 1. The SMILES string of the molecule is Cc1c(-c2nnc(Cc3ccc(F)cc3)o2)nc(C(C)(C)NC(=O)C(=O)O)n(C)c1=O. The van der Waals surface area contributed by atoms with Gasteiger partial charge < -0.3 is 14.8 Å². The number of hydrogen-bond donors (Lipinski definition) is 2. The fraction of sp³-hybridized carbons (Fsp3) is 0.300. The lowest BCUT2D eigenvalue weighted by Gasteiger charge is -2.27. The van der Waals surface area contributed by atoms with Gasteiger partial charge in [0.05, 0.1) is 12.0 Å². The summed E-state index contributed by atoms with van der Waals surface area (Å²) >= 11 is 0. The minimum atomic E-state index is -1.66. The van der Waals surface area contributed by atoms with Crippen molar-refractivity contribution >= 4 is 11.9 Å². The summed E-state index contributed by atoms with van der Waals surface area (Å²) in [6, 6.07) is 5.82. The molecule has 0 radical (unpaired) electrons. The van der Waals surface area contributed by atoms with Crippen LogP contribution in [0, 0.1) is 12.7 Å². The monoisotopic (exact) mass is 429 g/mol. The lowest BCUT2D eigenvalue weighted by atomic mass is 10.0. The molecule has 0 aliphatic rings. The number of aromatic nitrogens is 4. The number of hydrogen-bond acceptors (Lipinski definition) is 7. The second kappa shape index (κ2) is 8.09. The first kappa shape index (κ1) is 21.8. The van der Waals surface area contributed by atoms with Crippen LogP contribution < -0.4 is 10.9 Å². The van der Waals surface area contributed by atoms with Crippen molar-refractivity contribution in [2.24, 2.45) is 7.05 Å². The number of amides is 1. The number of halogens is 1. The third-order valence-electron chi connectivity index (χ3n) is 4.63. The van der Waals surface area contributed by atoms with Crippen LogP contribution in [0.4, 0.5) is 4.39 Å². The molecule has 1 aromatic carbocycles. The van der Waals surface area contributed by atoms with E-state index in [1.165, 1.54) is 37.6 Å². The summed E-state index contributed by atoms with van der Waals surface area (Å²) < 4.78 is 20.0. The number of carboxylic acids is 1.